The molecule has 1 heterocycles. The second-order valence-electron chi connectivity index (χ2n) is 4.96. The highest BCUT2D eigenvalue weighted by Gasteiger charge is 2.43. The number of hydrogen-bond acceptors (Lipinski definition) is 4. The lowest BCUT2D eigenvalue weighted by atomic mass is 9.76. The van der Waals surface area contributed by atoms with E-state index in [0.717, 1.165) is 19.3 Å². The fraction of sp³-hybridized carbons (Fsp3) is 0.900. The molecule has 2 N–H and O–H groups in total. The highest BCUT2D eigenvalue weighted by Crippen LogP contribution is 2.31. The minimum absolute atomic E-state index is 0.0168. The topological polar surface area (TPSA) is 83.7 Å². The zero-order valence-electron chi connectivity index (χ0n) is 10.1. The Balaban J connectivity index is 1.93. The van der Waals surface area contributed by atoms with Crippen LogP contribution in [0.3, 0.4) is 0 Å². The lowest BCUT2D eigenvalue weighted by Gasteiger charge is -2.42. The van der Waals surface area contributed by atoms with Gasteiger partial charge in [-0.1, -0.05) is 0 Å². The van der Waals surface area contributed by atoms with Gasteiger partial charge in [-0.2, -0.15) is 4.31 Å². The molecule has 1 saturated carbocycles. The predicted molar refractivity (Wildman–Crippen MR) is 63.8 cm³/mol. The Morgan fingerprint density at radius 1 is 1.18 bits per heavy atom. The van der Waals surface area contributed by atoms with Crippen molar-refractivity contribution in [1.29, 1.82) is 0 Å². The van der Waals surface area contributed by atoms with Crippen LogP contribution in [0.1, 0.15) is 19.3 Å². The van der Waals surface area contributed by atoms with Crippen LogP contribution in [0, 0.1) is 0 Å². The molecule has 1 saturated heterocycles. The minimum Gasteiger partial charge on any atom is -0.338 e. The lowest BCUT2D eigenvalue weighted by molar-refractivity contribution is -0.141. The summed E-state index contributed by atoms with van der Waals surface area (Å²) < 4.78 is 24.1. The average molecular weight is 261 g/mol. The van der Waals surface area contributed by atoms with Crippen molar-refractivity contribution in [1.82, 2.24) is 9.21 Å². The quantitative estimate of drug-likeness (QED) is 0.689. The molecule has 0 aromatic carbocycles. The van der Waals surface area contributed by atoms with Gasteiger partial charge in [-0.25, -0.2) is 8.42 Å². The molecule has 0 aromatic heterocycles. The Hall–Kier alpha value is -0.660. The molecular formula is C10H19N3O3S. The summed E-state index contributed by atoms with van der Waals surface area (Å²) in [4.78, 5) is 13.8. The van der Waals surface area contributed by atoms with E-state index < -0.39 is 15.6 Å². The summed E-state index contributed by atoms with van der Waals surface area (Å²) in [5.41, 5.74) is 5.30. The molecule has 0 spiro atoms. The maximum Gasteiger partial charge on any atom is 0.242 e. The van der Waals surface area contributed by atoms with Crippen molar-refractivity contribution in [3.05, 3.63) is 0 Å². The second-order valence-corrected chi connectivity index (χ2v) is 6.95. The molecule has 2 rings (SSSR count). The number of sulfonamides is 1. The van der Waals surface area contributed by atoms with E-state index in [0.29, 0.717) is 26.2 Å². The third-order valence-corrected chi connectivity index (χ3v) is 4.97. The molecule has 0 bridgehead atoms. The van der Waals surface area contributed by atoms with Gasteiger partial charge in [0.25, 0.3) is 0 Å². The molecule has 0 aromatic rings. The summed E-state index contributed by atoms with van der Waals surface area (Å²) in [6, 6.07) is 0. The monoisotopic (exact) mass is 261 g/mol. The number of nitrogens with zero attached hydrogens (tertiary/aromatic N) is 2. The first-order valence-electron chi connectivity index (χ1n) is 5.86. The molecular weight excluding hydrogens is 242 g/mol. The van der Waals surface area contributed by atoms with Crippen LogP contribution in [-0.4, -0.2) is 61.5 Å². The lowest BCUT2D eigenvalue weighted by Crippen LogP contribution is -2.62. The number of carbonyl (C=O) groups is 1. The van der Waals surface area contributed by atoms with E-state index in [1.165, 1.54) is 10.6 Å². The van der Waals surface area contributed by atoms with Crippen molar-refractivity contribution in [3.8, 4) is 0 Å². The number of hydrogen-bond donors (Lipinski definition) is 1. The van der Waals surface area contributed by atoms with Crippen LogP contribution >= 0.6 is 0 Å². The molecule has 1 amide bonds. The fourth-order valence-corrected chi connectivity index (χ4v) is 3.14. The van der Waals surface area contributed by atoms with Crippen LogP contribution in [0.2, 0.25) is 0 Å². The van der Waals surface area contributed by atoms with Gasteiger partial charge < -0.3 is 10.6 Å². The van der Waals surface area contributed by atoms with E-state index >= 15 is 0 Å². The zero-order chi connectivity index (χ0) is 12.7. The fourth-order valence-electron chi connectivity index (χ4n) is 2.31. The van der Waals surface area contributed by atoms with Gasteiger partial charge in [-0.05, 0) is 19.3 Å². The highest BCUT2D eigenvalue weighted by atomic mass is 32.2. The van der Waals surface area contributed by atoms with Crippen molar-refractivity contribution in [3.63, 3.8) is 0 Å². The van der Waals surface area contributed by atoms with Gasteiger partial charge >= 0.3 is 0 Å². The SMILES string of the molecule is CS(=O)(=O)N1CCN(C(=O)C2(N)CCC2)CC1. The van der Waals surface area contributed by atoms with E-state index in [1.54, 1.807) is 4.90 Å². The van der Waals surface area contributed by atoms with Gasteiger partial charge in [0.05, 0.1) is 11.8 Å². The first-order valence-corrected chi connectivity index (χ1v) is 7.71. The maximum absolute atomic E-state index is 12.1. The van der Waals surface area contributed by atoms with Gasteiger partial charge in [-0.3, -0.25) is 4.79 Å². The number of piperazine rings is 1. The third kappa shape index (κ3) is 2.46. The van der Waals surface area contributed by atoms with Crippen LogP contribution in [-0.2, 0) is 14.8 Å². The van der Waals surface area contributed by atoms with E-state index in [1.807, 2.05) is 0 Å². The molecule has 0 atom stereocenters. The van der Waals surface area contributed by atoms with Crippen LogP contribution in [0.5, 0.6) is 0 Å². The first kappa shape index (κ1) is 12.8. The van der Waals surface area contributed by atoms with Crippen LogP contribution < -0.4 is 5.73 Å². The van der Waals surface area contributed by atoms with Crippen molar-refractivity contribution in [2.45, 2.75) is 24.8 Å². The van der Waals surface area contributed by atoms with Gasteiger partial charge in [0.15, 0.2) is 0 Å². The summed E-state index contributed by atoms with van der Waals surface area (Å²) in [5.74, 6) is -0.0168. The maximum atomic E-state index is 12.1. The van der Waals surface area contributed by atoms with E-state index in [2.05, 4.69) is 0 Å². The molecule has 0 radical (unpaired) electrons. The third-order valence-electron chi connectivity index (χ3n) is 3.67. The molecule has 98 valence electrons. The average Bonchev–Trinajstić information content (AvgIpc) is 2.24. The zero-order valence-corrected chi connectivity index (χ0v) is 10.9. The molecule has 1 aliphatic carbocycles. The van der Waals surface area contributed by atoms with Gasteiger partial charge in [0.2, 0.25) is 15.9 Å². The molecule has 17 heavy (non-hydrogen) atoms. The van der Waals surface area contributed by atoms with Gasteiger partial charge in [0, 0.05) is 26.2 Å². The highest BCUT2D eigenvalue weighted by molar-refractivity contribution is 7.88. The summed E-state index contributed by atoms with van der Waals surface area (Å²) >= 11 is 0. The summed E-state index contributed by atoms with van der Waals surface area (Å²) in [5, 5.41) is 0. The van der Waals surface area contributed by atoms with Crippen molar-refractivity contribution >= 4 is 15.9 Å². The molecule has 2 fully saturated rings. The van der Waals surface area contributed by atoms with Crippen LogP contribution in [0.25, 0.3) is 0 Å². The first-order chi connectivity index (χ1) is 7.83. The molecule has 6 nitrogen and oxygen atoms in total. The smallest absolute Gasteiger partial charge is 0.242 e. The van der Waals surface area contributed by atoms with Gasteiger partial charge in [-0.15, -0.1) is 0 Å². The number of carbonyl (C=O) groups excluding carboxylic acids is 1. The van der Waals surface area contributed by atoms with Gasteiger partial charge in [0.1, 0.15) is 0 Å². The molecule has 2 aliphatic rings. The van der Waals surface area contributed by atoms with Crippen molar-refractivity contribution in [2.24, 2.45) is 5.73 Å². The Morgan fingerprint density at radius 2 is 1.71 bits per heavy atom. The van der Waals surface area contributed by atoms with E-state index in [-0.39, 0.29) is 5.91 Å². The van der Waals surface area contributed by atoms with Crippen molar-refractivity contribution < 1.29 is 13.2 Å². The minimum atomic E-state index is -3.14. The summed E-state index contributed by atoms with van der Waals surface area (Å²) in [7, 11) is -3.14. The molecule has 1 aliphatic heterocycles. The van der Waals surface area contributed by atoms with Crippen LogP contribution in [0.15, 0.2) is 0 Å². The Bertz CT molecular complexity index is 409. The summed E-state index contributed by atoms with van der Waals surface area (Å²) in [6.07, 6.45) is 3.70. The van der Waals surface area contributed by atoms with Crippen LogP contribution in [0.4, 0.5) is 0 Å². The predicted octanol–water partition coefficient (Wildman–Crippen LogP) is -1.03. The second kappa shape index (κ2) is 4.22. The van der Waals surface area contributed by atoms with Crippen molar-refractivity contribution in [2.75, 3.05) is 32.4 Å². The molecule has 0 unspecified atom stereocenters. The Labute approximate surface area is 102 Å². The Kier molecular flexibility index (Phi) is 3.17. The van der Waals surface area contributed by atoms with E-state index in [4.69, 9.17) is 5.73 Å². The number of nitrogens with two attached hydrogens (primary N) is 1. The summed E-state index contributed by atoms with van der Waals surface area (Å²) in [6.45, 7) is 1.65. The largest absolute Gasteiger partial charge is 0.338 e. The standard InChI is InChI=1S/C10H19N3O3S/c1-17(15,16)13-7-5-12(6-8-13)9(14)10(11)3-2-4-10/h2-8,11H2,1H3. The normalized spacial score (nSPS) is 25.4. The number of rotatable bonds is 2. The molecule has 7 heteroatoms. The van der Waals surface area contributed by atoms with E-state index in [9.17, 15) is 13.2 Å². The number of amides is 1. The Morgan fingerprint density at radius 3 is 2.06 bits per heavy atom.